The summed E-state index contributed by atoms with van der Waals surface area (Å²) >= 11 is 6.46. The van der Waals surface area contributed by atoms with E-state index >= 15 is 0 Å². The number of hydrogen-bond donors (Lipinski definition) is 2. The first-order valence-corrected chi connectivity index (χ1v) is 7.75. The number of nitrogens with zero attached hydrogens (tertiary/aromatic N) is 2. The molecule has 0 spiro atoms. The lowest BCUT2D eigenvalue weighted by Gasteiger charge is -2.21. The minimum absolute atomic E-state index is 0.0360. The standard InChI is InChI=1S/C13H16N4OS2/c1-17(13(14)19)9-5-3-8(4-6-9)10-7-11(20-2)12(18)16-15-10/h3-6,11H,7H2,1-2H3,(H2,14,19)(H,16,18). The highest BCUT2D eigenvalue weighted by molar-refractivity contribution is 7.99. The maximum atomic E-state index is 11.5. The molecule has 0 aliphatic carbocycles. The zero-order valence-electron chi connectivity index (χ0n) is 11.3. The Bertz CT molecular complexity index is 556. The van der Waals surface area contributed by atoms with Crippen molar-refractivity contribution in [2.75, 3.05) is 18.2 Å². The molecule has 1 amide bonds. The summed E-state index contributed by atoms with van der Waals surface area (Å²) in [6.45, 7) is 0. The first-order valence-electron chi connectivity index (χ1n) is 6.05. The predicted molar refractivity (Wildman–Crippen MR) is 88.2 cm³/mol. The minimum Gasteiger partial charge on any atom is -0.376 e. The third-order valence-electron chi connectivity index (χ3n) is 3.18. The van der Waals surface area contributed by atoms with Crippen LogP contribution in [0.2, 0.25) is 0 Å². The van der Waals surface area contributed by atoms with Crippen molar-refractivity contribution in [2.24, 2.45) is 10.8 Å². The van der Waals surface area contributed by atoms with Gasteiger partial charge in [-0.2, -0.15) is 16.9 Å². The van der Waals surface area contributed by atoms with Gasteiger partial charge in [0.2, 0.25) is 0 Å². The van der Waals surface area contributed by atoms with Crippen LogP contribution < -0.4 is 16.1 Å². The van der Waals surface area contributed by atoms with Gasteiger partial charge in [-0.1, -0.05) is 12.1 Å². The lowest BCUT2D eigenvalue weighted by atomic mass is 10.0. The molecule has 0 aromatic heterocycles. The normalized spacial score (nSPS) is 18.2. The molecular formula is C13H16N4OS2. The van der Waals surface area contributed by atoms with Crippen LogP contribution in [0.15, 0.2) is 29.4 Å². The first kappa shape index (κ1) is 14.8. The van der Waals surface area contributed by atoms with Crippen molar-refractivity contribution in [2.45, 2.75) is 11.7 Å². The number of thiocarbonyl (C=S) groups is 1. The monoisotopic (exact) mass is 308 g/mol. The second-order valence-electron chi connectivity index (χ2n) is 4.41. The molecule has 1 heterocycles. The average molecular weight is 308 g/mol. The number of thioether (sulfide) groups is 1. The van der Waals surface area contributed by atoms with E-state index in [-0.39, 0.29) is 11.2 Å². The number of hydrogen-bond acceptors (Lipinski definition) is 4. The highest BCUT2D eigenvalue weighted by Gasteiger charge is 2.24. The molecule has 1 aliphatic rings. The van der Waals surface area contributed by atoms with Gasteiger partial charge in [-0.15, -0.1) is 0 Å². The molecular weight excluding hydrogens is 292 g/mol. The van der Waals surface area contributed by atoms with E-state index in [1.54, 1.807) is 4.90 Å². The number of hydrazone groups is 1. The van der Waals surface area contributed by atoms with E-state index in [1.807, 2.05) is 37.6 Å². The van der Waals surface area contributed by atoms with Gasteiger partial charge in [-0.25, -0.2) is 5.43 Å². The molecule has 5 nitrogen and oxygen atoms in total. The Balaban J connectivity index is 2.18. The predicted octanol–water partition coefficient (Wildman–Crippen LogP) is 1.32. The summed E-state index contributed by atoms with van der Waals surface area (Å²) < 4.78 is 0. The Morgan fingerprint density at radius 2 is 2.15 bits per heavy atom. The van der Waals surface area contributed by atoms with Crippen molar-refractivity contribution in [3.63, 3.8) is 0 Å². The van der Waals surface area contributed by atoms with Crippen LogP contribution in [-0.2, 0) is 4.79 Å². The zero-order chi connectivity index (χ0) is 14.7. The van der Waals surface area contributed by atoms with Gasteiger partial charge in [0, 0.05) is 19.2 Å². The van der Waals surface area contributed by atoms with Crippen LogP contribution in [0.1, 0.15) is 12.0 Å². The maximum absolute atomic E-state index is 11.5. The number of anilines is 1. The van der Waals surface area contributed by atoms with E-state index in [0.29, 0.717) is 11.5 Å². The number of benzene rings is 1. The number of rotatable bonds is 3. The van der Waals surface area contributed by atoms with E-state index in [4.69, 9.17) is 18.0 Å². The molecule has 1 atom stereocenters. The summed E-state index contributed by atoms with van der Waals surface area (Å²) in [7, 11) is 1.82. The Hall–Kier alpha value is -1.60. The minimum atomic E-state index is -0.0820. The lowest BCUT2D eigenvalue weighted by molar-refractivity contribution is -0.120. The molecule has 0 radical (unpaired) electrons. The zero-order valence-corrected chi connectivity index (χ0v) is 12.9. The quantitative estimate of drug-likeness (QED) is 0.824. The molecule has 7 heteroatoms. The van der Waals surface area contributed by atoms with Crippen LogP contribution in [0.3, 0.4) is 0 Å². The van der Waals surface area contributed by atoms with E-state index in [1.165, 1.54) is 11.8 Å². The van der Waals surface area contributed by atoms with Gasteiger partial charge in [0.1, 0.15) is 0 Å². The molecule has 1 unspecified atom stereocenters. The fourth-order valence-electron chi connectivity index (χ4n) is 1.89. The molecule has 0 saturated carbocycles. The van der Waals surface area contributed by atoms with Gasteiger partial charge in [-0.05, 0) is 36.2 Å². The fourth-order valence-corrected chi connectivity index (χ4v) is 2.58. The lowest BCUT2D eigenvalue weighted by Crippen LogP contribution is -2.36. The Labute approximate surface area is 127 Å². The van der Waals surface area contributed by atoms with Gasteiger partial charge in [0.25, 0.3) is 5.91 Å². The van der Waals surface area contributed by atoms with Gasteiger partial charge in [-0.3, -0.25) is 4.79 Å². The number of nitrogens with one attached hydrogen (secondary N) is 1. The SMILES string of the molecule is CSC1CC(c2ccc(N(C)C(N)=S)cc2)=NNC1=O. The van der Waals surface area contributed by atoms with E-state index in [2.05, 4.69) is 10.5 Å². The first-order chi connectivity index (χ1) is 9.52. The van der Waals surface area contributed by atoms with Crippen LogP contribution >= 0.6 is 24.0 Å². The van der Waals surface area contributed by atoms with Crippen molar-refractivity contribution in [3.05, 3.63) is 29.8 Å². The van der Waals surface area contributed by atoms with E-state index in [0.717, 1.165) is 17.0 Å². The molecule has 20 heavy (non-hydrogen) atoms. The summed E-state index contributed by atoms with van der Waals surface area (Å²) in [6.07, 6.45) is 2.56. The smallest absolute Gasteiger partial charge is 0.253 e. The van der Waals surface area contributed by atoms with Crippen LogP contribution in [0.5, 0.6) is 0 Å². The van der Waals surface area contributed by atoms with Gasteiger partial charge in [0.15, 0.2) is 5.11 Å². The van der Waals surface area contributed by atoms with Crippen molar-refractivity contribution in [3.8, 4) is 0 Å². The molecule has 1 aromatic rings. The van der Waals surface area contributed by atoms with Crippen LogP contribution in [0, 0.1) is 0 Å². The third-order valence-corrected chi connectivity index (χ3v) is 4.40. The van der Waals surface area contributed by atoms with E-state index in [9.17, 15) is 4.79 Å². The summed E-state index contributed by atoms with van der Waals surface area (Å²) in [4.78, 5) is 13.3. The molecule has 0 saturated heterocycles. The molecule has 2 rings (SSSR count). The maximum Gasteiger partial charge on any atom is 0.253 e. The molecule has 1 aromatic carbocycles. The van der Waals surface area contributed by atoms with Gasteiger partial charge < -0.3 is 10.6 Å². The molecule has 0 bridgehead atoms. The number of carbonyl (C=O) groups is 1. The molecule has 1 aliphatic heterocycles. The Morgan fingerprint density at radius 3 is 2.70 bits per heavy atom. The Morgan fingerprint density at radius 1 is 1.50 bits per heavy atom. The summed E-state index contributed by atoms with van der Waals surface area (Å²) in [5.74, 6) is -0.0360. The van der Waals surface area contributed by atoms with Crippen molar-refractivity contribution >= 4 is 46.4 Å². The molecule has 106 valence electrons. The molecule has 3 N–H and O–H groups in total. The number of nitrogens with two attached hydrogens (primary N) is 1. The van der Waals surface area contributed by atoms with Gasteiger partial charge in [0.05, 0.1) is 11.0 Å². The van der Waals surface area contributed by atoms with Crippen LogP contribution in [-0.4, -0.2) is 35.3 Å². The molecule has 0 fully saturated rings. The average Bonchev–Trinajstić information content (AvgIpc) is 2.47. The summed E-state index contributed by atoms with van der Waals surface area (Å²) in [5, 5.41) is 4.37. The fraction of sp³-hybridized carbons (Fsp3) is 0.308. The third kappa shape index (κ3) is 3.10. The summed E-state index contributed by atoms with van der Waals surface area (Å²) in [6, 6.07) is 7.78. The number of amides is 1. The Kier molecular flexibility index (Phi) is 4.61. The highest BCUT2D eigenvalue weighted by Crippen LogP contribution is 2.21. The van der Waals surface area contributed by atoms with Crippen molar-refractivity contribution < 1.29 is 4.79 Å². The van der Waals surface area contributed by atoms with Crippen molar-refractivity contribution in [1.29, 1.82) is 0 Å². The van der Waals surface area contributed by atoms with E-state index < -0.39 is 0 Å². The second kappa shape index (κ2) is 6.23. The van der Waals surface area contributed by atoms with Crippen LogP contribution in [0.4, 0.5) is 5.69 Å². The largest absolute Gasteiger partial charge is 0.376 e. The number of carbonyl (C=O) groups excluding carboxylic acids is 1. The topological polar surface area (TPSA) is 70.7 Å². The van der Waals surface area contributed by atoms with Crippen molar-refractivity contribution in [1.82, 2.24) is 5.43 Å². The summed E-state index contributed by atoms with van der Waals surface area (Å²) in [5.41, 5.74) is 10.9. The second-order valence-corrected chi connectivity index (χ2v) is 5.87. The van der Waals surface area contributed by atoms with Crippen LogP contribution in [0.25, 0.3) is 0 Å². The highest BCUT2D eigenvalue weighted by atomic mass is 32.2. The van der Waals surface area contributed by atoms with Gasteiger partial charge >= 0.3 is 0 Å².